The Hall–Kier alpha value is -1.01. The standard InChI is InChI=1S/C20H28N4S.2ClH/c1-14-5-7-18(8-6-14)25-10-4-9-24(3)20-13-19(22-15(2)23-20)16-11-17(21)12-16;;/h5-8,13,16-17H,4,9-12,21H2,1-3H3;2*1H. The topological polar surface area (TPSA) is 55.0 Å². The van der Waals surface area contributed by atoms with E-state index in [0.717, 1.165) is 48.9 Å². The molecule has 1 heterocycles. The highest BCUT2D eigenvalue weighted by atomic mass is 35.5. The van der Waals surface area contributed by atoms with Gasteiger partial charge in [0.2, 0.25) is 0 Å². The lowest BCUT2D eigenvalue weighted by molar-refractivity contribution is 0.344. The number of halogens is 2. The molecule has 2 N–H and O–H groups in total. The van der Waals surface area contributed by atoms with Crippen LogP contribution >= 0.6 is 36.6 Å². The van der Waals surface area contributed by atoms with E-state index in [1.54, 1.807) is 0 Å². The average Bonchev–Trinajstić information content (AvgIpc) is 2.56. The maximum Gasteiger partial charge on any atom is 0.132 e. The van der Waals surface area contributed by atoms with Gasteiger partial charge in [-0.1, -0.05) is 17.7 Å². The van der Waals surface area contributed by atoms with Crippen LogP contribution in [0.1, 0.15) is 42.3 Å². The van der Waals surface area contributed by atoms with E-state index in [-0.39, 0.29) is 24.8 Å². The second-order valence-electron chi connectivity index (χ2n) is 7.06. The molecule has 1 aromatic carbocycles. The molecule has 0 saturated heterocycles. The zero-order chi connectivity index (χ0) is 17.8. The number of rotatable bonds is 7. The normalized spacial score (nSPS) is 18.1. The molecule has 3 rings (SSSR count). The minimum atomic E-state index is 0. The summed E-state index contributed by atoms with van der Waals surface area (Å²) < 4.78 is 0. The smallest absolute Gasteiger partial charge is 0.132 e. The van der Waals surface area contributed by atoms with Gasteiger partial charge in [-0.05, 0) is 51.0 Å². The summed E-state index contributed by atoms with van der Waals surface area (Å²) in [6.45, 7) is 5.10. The van der Waals surface area contributed by atoms with Crippen molar-refractivity contribution in [1.29, 1.82) is 0 Å². The molecule has 0 amide bonds. The van der Waals surface area contributed by atoms with Gasteiger partial charge < -0.3 is 10.6 Å². The van der Waals surface area contributed by atoms with Crippen molar-refractivity contribution in [1.82, 2.24) is 9.97 Å². The Bertz CT molecular complexity index is 706. The van der Waals surface area contributed by atoms with Crippen molar-refractivity contribution < 1.29 is 0 Å². The van der Waals surface area contributed by atoms with Crippen LogP contribution in [-0.2, 0) is 0 Å². The highest BCUT2D eigenvalue weighted by Crippen LogP contribution is 2.35. The summed E-state index contributed by atoms with van der Waals surface area (Å²) >= 11 is 1.92. The summed E-state index contributed by atoms with van der Waals surface area (Å²) in [5.41, 5.74) is 8.39. The van der Waals surface area contributed by atoms with E-state index in [9.17, 15) is 0 Å². The van der Waals surface area contributed by atoms with E-state index in [4.69, 9.17) is 5.73 Å². The Morgan fingerprint density at radius 1 is 1.11 bits per heavy atom. The van der Waals surface area contributed by atoms with Crippen LogP contribution in [-0.4, -0.2) is 35.4 Å². The van der Waals surface area contributed by atoms with Gasteiger partial charge in [0.15, 0.2) is 0 Å². The number of aromatic nitrogens is 2. The minimum Gasteiger partial charge on any atom is -0.360 e. The van der Waals surface area contributed by atoms with Crippen molar-refractivity contribution in [2.45, 2.75) is 50.0 Å². The number of thioether (sulfide) groups is 1. The number of nitrogens with zero attached hydrogens (tertiary/aromatic N) is 3. The first-order valence-corrected chi connectivity index (χ1v) is 10.0. The average molecular weight is 429 g/mol. The molecule has 27 heavy (non-hydrogen) atoms. The molecule has 0 bridgehead atoms. The molecule has 7 heteroatoms. The predicted octanol–water partition coefficient (Wildman–Crippen LogP) is 4.76. The number of nitrogens with two attached hydrogens (primary N) is 1. The van der Waals surface area contributed by atoms with Crippen molar-refractivity contribution in [3.8, 4) is 0 Å². The van der Waals surface area contributed by atoms with Gasteiger partial charge in [0.25, 0.3) is 0 Å². The molecular weight excluding hydrogens is 399 g/mol. The first-order valence-electron chi connectivity index (χ1n) is 9.03. The Morgan fingerprint density at radius 3 is 2.41 bits per heavy atom. The zero-order valence-corrected chi connectivity index (χ0v) is 18.7. The number of anilines is 1. The molecule has 0 atom stereocenters. The number of benzene rings is 1. The Kier molecular flexibility index (Phi) is 9.88. The van der Waals surface area contributed by atoms with Gasteiger partial charge in [0.1, 0.15) is 11.6 Å². The van der Waals surface area contributed by atoms with Gasteiger partial charge in [-0.3, -0.25) is 0 Å². The second kappa shape index (κ2) is 11.1. The van der Waals surface area contributed by atoms with Crippen LogP contribution in [0.3, 0.4) is 0 Å². The lowest BCUT2D eigenvalue weighted by Gasteiger charge is -2.32. The third-order valence-corrected chi connectivity index (χ3v) is 5.85. The van der Waals surface area contributed by atoms with Gasteiger partial charge in [0, 0.05) is 42.2 Å². The fourth-order valence-corrected chi connectivity index (χ4v) is 3.96. The van der Waals surface area contributed by atoms with Crippen LogP contribution in [0.2, 0.25) is 0 Å². The number of hydrogen-bond donors (Lipinski definition) is 1. The molecule has 150 valence electrons. The number of aryl methyl sites for hydroxylation is 2. The van der Waals surface area contributed by atoms with Gasteiger partial charge in [-0.15, -0.1) is 36.6 Å². The molecule has 1 saturated carbocycles. The fourth-order valence-electron chi connectivity index (χ4n) is 3.12. The van der Waals surface area contributed by atoms with Crippen LogP contribution in [0, 0.1) is 13.8 Å². The molecule has 0 unspecified atom stereocenters. The molecule has 1 aliphatic carbocycles. The maximum atomic E-state index is 5.92. The first-order chi connectivity index (χ1) is 12.0. The van der Waals surface area contributed by atoms with Crippen molar-refractivity contribution in [3.05, 3.63) is 47.4 Å². The molecule has 1 fully saturated rings. The molecule has 2 aromatic rings. The summed E-state index contributed by atoms with van der Waals surface area (Å²) in [6, 6.07) is 11.2. The van der Waals surface area contributed by atoms with Gasteiger partial charge in [0.05, 0.1) is 0 Å². The molecule has 1 aromatic heterocycles. The molecule has 0 aliphatic heterocycles. The molecule has 0 radical (unpaired) electrons. The largest absolute Gasteiger partial charge is 0.360 e. The minimum absolute atomic E-state index is 0. The fraction of sp³-hybridized carbons (Fsp3) is 0.500. The van der Waals surface area contributed by atoms with E-state index >= 15 is 0 Å². The van der Waals surface area contributed by atoms with Crippen molar-refractivity contribution in [2.75, 3.05) is 24.2 Å². The van der Waals surface area contributed by atoms with Gasteiger partial charge >= 0.3 is 0 Å². The first kappa shape index (κ1) is 24.0. The molecular formula is C20H30Cl2N4S. The third-order valence-electron chi connectivity index (χ3n) is 4.76. The summed E-state index contributed by atoms with van der Waals surface area (Å²) in [5, 5.41) is 0. The van der Waals surface area contributed by atoms with Gasteiger partial charge in [-0.2, -0.15) is 0 Å². The Morgan fingerprint density at radius 2 is 1.78 bits per heavy atom. The zero-order valence-electron chi connectivity index (χ0n) is 16.2. The number of hydrogen-bond acceptors (Lipinski definition) is 5. The Labute approximate surface area is 179 Å². The SMILES string of the molecule is Cc1ccc(SCCCN(C)c2cc(C3CC(N)C3)nc(C)n2)cc1.Cl.Cl. The van der Waals surface area contributed by atoms with Gasteiger partial charge in [-0.25, -0.2) is 9.97 Å². The quantitative estimate of drug-likeness (QED) is 0.508. The lowest BCUT2D eigenvalue weighted by Crippen LogP contribution is -2.35. The molecule has 0 spiro atoms. The summed E-state index contributed by atoms with van der Waals surface area (Å²) in [6.07, 6.45) is 3.22. The van der Waals surface area contributed by atoms with Crippen LogP contribution in [0.5, 0.6) is 0 Å². The van der Waals surface area contributed by atoms with E-state index in [2.05, 4.69) is 59.2 Å². The predicted molar refractivity (Wildman–Crippen MR) is 121 cm³/mol. The Balaban J connectivity index is 0.00000182. The lowest BCUT2D eigenvalue weighted by atomic mass is 9.78. The van der Waals surface area contributed by atoms with E-state index in [0.29, 0.717) is 12.0 Å². The van der Waals surface area contributed by atoms with Crippen molar-refractivity contribution >= 4 is 42.4 Å². The van der Waals surface area contributed by atoms with E-state index in [1.807, 2.05) is 18.7 Å². The summed E-state index contributed by atoms with van der Waals surface area (Å²) in [7, 11) is 2.12. The summed E-state index contributed by atoms with van der Waals surface area (Å²) in [5.74, 6) is 3.51. The van der Waals surface area contributed by atoms with Crippen LogP contribution < -0.4 is 10.6 Å². The van der Waals surface area contributed by atoms with Crippen LogP contribution in [0.4, 0.5) is 5.82 Å². The van der Waals surface area contributed by atoms with Crippen molar-refractivity contribution in [2.24, 2.45) is 5.73 Å². The third kappa shape index (κ3) is 6.83. The van der Waals surface area contributed by atoms with Crippen molar-refractivity contribution in [3.63, 3.8) is 0 Å². The van der Waals surface area contributed by atoms with E-state index < -0.39 is 0 Å². The summed E-state index contributed by atoms with van der Waals surface area (Å²) in [4.78, 5) is 12.8. The van der Waals surface area contributed by atoms with E-state index in [1.165, 1.54) is 10.5 Å². The molecule has 4 nitrogen and oxygen atoms in total. The highest BCUT2D eigenvalue weighted by molar-refractivity contribution is 7.99. The second-order valence-corrected chi connectivity index (χ2v) is 8.23. The van der Waals surface area contributed by atoms with Crippen LogP contribution in [0.15, 0.2) is 35.2 Å². The van der Waals surface area contributed by atoms with Crippen LogP contribution in [0.25, 0.3) is 0 Å². The molecule has 1 aliphatic rings. The highest BCUT2D eigenvalue weighted by Gasteiger charge is 2.29. The monoisotopic (exact) mass is 428 g/mol. The maximum absolute atomic E-state index is 5.92.